The van der Waals surface area contributed by atoms with Crippen molar-refractivity contribution in [1.82, 2.24) is 15.3 Å². The summed E-state index contributed by atoms with van der Waals surface area (Å²) >= 11 is 0. The van der Waals surface area contributed by atoms with E-state index in [0.29, 0.717) is 12.0 Å². The number of aromatic amines is 1. The Bertz CT molecular complexity index is 522. The summed E-state index contributed by atoms with van der Waals surface area (Å²) in [6, 6.07) is 0.297. The number of H-pyrrole nitrogens is 1. The minimum absolute atomic E-state index is 0. The van der Waals surface area contributed by atoms with Crippen molar-refractivity contribution in [3.8, 4) is 0 Å². The van der Waals surface area contributed by atoms with Gasteiger partial charge >= 0.3 is 0 Å². The summed E-state index contributed by atoms with van der Waals surface area (Å²) in [5.41, 5.74) is 2.40. The van der Waals surface area contributed by atoms with Crippen LogP contribution < -0.4 is 5.32 Å². The zero-order valence-electron chi connectivity index (χ0n) is 13.0. The van der Waals surface area contributed by atoms with Crippen molar-refractivity contribution in [3.05, 3.63) is 17.7 Å². The molecule has 1 aromatic rings. The van der Waals surface area contributed by atoms with Crippen LogP contribution in [0.5, 0.6) is 0 Å². The zero-order valence-corrected chi connectivity index (χ0v) is 13.8. The number of hydrogen-bond acceptors (Lipinski definition) is 2. The maximum absolute atomic E-state index is 12.4. The van der Waals surface area contributed by atoms with Crippen LogP contribution in [-0.2, 0) is 17.6 Å². The molecule has 1 unspecified atom stereocenters. The highest BCUT2D eigenvalue weighted by Gasteiger charge is 2.36. The van der Waals surface area contributed by atoms with Gasteiger partial charge in [-0.3, -0.25) is 4.79 Å². The van der Waals surface area contributed by atoms with Gasteiger partial charge in [0.1, 0.15) is 0 Å². The molecule has 5 rings (SSSR count). The monoisotopic (exact) mass is 323 g/mol. The summed E-state index contributed by atoms with van der Waals surface area (Å²) in [4.78, 5) is 19.9. The second-order valence-corrected chi connectivity index (χ2v) is 7.32. The van der Waals surface area contributed by atoms with Crippen LogP contribution in [0, 0.1) is 17.8 Å². The first-order chi connectivity index (χ1) is 10.3. The molecule has 2 N–H and O–H groups in total. The van der Waals surface area contributed by atoms with Crippen LogP contribution in [0.3, 0.4) is 0 Å². The van der Waals surface area contributed by atoms with E-state index in [1.54, 1.807) is 6.33 Å². The first-order valence-electron chi connectivity index (χ1n) is 8.58. The maximum Gasteiger partial charge on any atom is 0.220 e. The average molecular weight is 324 g/mol. The van der Waals surface area contributed by atoms with E-state index in [4.69, 9.17) is 0 Å². The Morgan fingerprint density at radius 2 is 2.09 bits per heavy atom. The van der Waals surface area contributed by atoms with Gasteiger partial charge in [0.2, 0.25) is 5.91 Å². The van der Waals surface area contributed by atoms with Crippen LogP contribution in [-0.4, -0.2) is 21.9 Å². The molecular weight excluding hydrogens is 298 g/mol. The lowest BCUT2D eigenvalue weighted by Crippen LogP contribution is -2.41. The molecule has 0 saturated heterocycles. The molecule has 0 aliphatic heterocycles. The molecular formula is C17H26ClN3O. The summed E-state index contributed by atoms with van der Waals surface area (Å²) < 4.78 is 0. The number of aryl methyl sites for hydroxylation is 1. The summed E-state index contributed by atoms with van der Waals surface area (Å²) in [5.74, 6) is 2.67. The molecule has 2 bridgehead atoms. The topological polar surface area (TPSA) is 57.8 Å². The van der Waals surface area contributed by atoms with Gasteiger partial charge in [-0.05, 0) is 49.9 Å². The molecule has 4 aliphatic rings. The molecule has 4 aliphatic carbocycles. The lowest BCUT2D eigenvalue weighted by Gasteiger charge is -2.42. The molecule has 0 spiro atoms. The third kappa shape index (κ3) is 3.17. The van der Waals surface area contributed by atoms with Crippen molar-refractivity contribution in [3.63, 3.8) is 0 Å². The molecule has 3 saturated carbocycles. The first kappa shape index (κ1) is 15.9. The van der Waals surface area contributed by atoms with Crippen molar-refractivity contribution < 1.29 is 4.79 Å². The smallest absolute Gasteiger partial charge is 0.220 e. The van der Waals surface area contributed by atoms with Crippen LogP contribution in [0.1, 0.15) is 56.3 Å². The highest BCUT2D eigenvalue weighted by Crippen LogP contribution is 2.46. The maximum atomic E-state index is 12.4. The fourth-order valence-corrected chi connectivity index (χ4v) is 4.81. The van der Waals surface area contributed by atoms with E-state index >= 15 is 0 Å². The third-order valence-corrected chi connectivity index (χ3v) is 5.99. The summed E-state index contributed by atoms with van der Waals surface area (Å²) in [6.07, 6.45) is 12.3. The second-order valence-electron chi connectivity index (χ2n) is 7.32. The number of carbonyl (C=O) groups excluding carboxylic acids is 1. The highest BCUT2D eigenvalue weighted by molar-refractivity contribution is 5.85. The number of nitrogens with one attached hydrogen (secondary N) is 2. The Morgan fingerprint density at radius 1 is 1.27 bits per heavy atom. The largest absolute Gasteiger partial charge is 0.353 e. The quantitative estimate of drug-likeness (QED) is 0.898. The Labute approximate surface area is 138 Å². The molecule has 0 aromatic carbocycles. The van der Waals surface area contributed by atoms with E-state index in [0.717, 1.165) is 37.5 Å². The molecule has 1 amide bonds. The van der Waals surface area contributed by atoms with E-state index in [2.05, 4.69) is 15.3 Å². The van der Waals surface area contributed by atoms with E-state index in [1.165, 1.54) is 43.5 Å². The first-order valence-corrected chi connectivity index (χ1v) is 8.58. The number of rotatable bonds is 3. The van der Waals surface area contributed by atoms with Gasteiger partial charge in [-0.25, -0.2) is 4.98 Å². The predicted octanol–water partition coefficient (Wildman–Crippen LogP) is 3.02. The van der Waals surface area contributed by atoms with Crippen molar-refractivity contribution in [2.24, 2.45) is 17.8 Å². The summed E-state index contributed by atoms with van der Waals surface area (Å²) in [6.45, 7) is 0. The van der Waals surface area contributed by atoms with Crippen molar-refractivity contribution in [1.29, 1.82) is 0 Å². The van der Waals surface area contributed by atoms with Crippen molar-refractivity contribution >= 4 is 18.3 Å². The minimum Gasteiger partial charge on any atom is -0.353 e. The van der Waals surface area contributed by atoms with E-state index in [-0.39, 0.29) is 18.3 Å². The third-order valence-electron chi connectivity index (χ3n) is 5.99. The lowest BCUT2D eigenvalue weighted by molar-refractivity contribution is -0.124. The number of halogens is 1. The van der Waals surface area contributed by atoms with Crippen LogP contribution in [0.15, 0.2) is 6.33 Å². The Kier molecular flexibility index (Phi) is 4.76. The van der Waals surface area contributed by atoms with Gasteiger partial charge in [-0.1, -0.05) is 12.8 Å². The number of hydrogen-bond donors (Lipinski definition) is 2. The molecule has 2 atom stereocenters. The molecule has 5 heteroatoms. The predicted molar refractivity (Wildman–Crippen MR) is 88.0 cm³/mol. The Morgan fingerprint density at radius 3 is 2.82 bits per heavy atom. The Balaban J connectivity index is 0.00000144. The van der Waals surface area contributed by atoms with Crippen LogP contribution in [0.4, 0.5) is 0 Å². The van der Waals surface area contributed by atoms with Crippen LogP contribution in [0.2, 0.25) is 0 Å². The van der Waals surface area contributed by atoms with Crippen LogP contribution >= 0.6 is 12.4 Å². The van der Waals surface area contributed by atoms with Crippen molar-refractivity contribution in [2.45, 2.75) is 63.8 Å². The number of fused-ring (bicyclic) bond motifs is 4. The average Bonchev–Trinajstić information content (AvgIpc) is 2.96. The molecule has 22 heavy (non-hydrogen) atoms. The van der Waals surface area contributed by atoms with Crippen LogP contribution in [0.25, 0.3) is 0 Å². The number of aromatic nitrogens is 2. The van der Waals surface area contributed by atoms with E-state index < -0.39 is 0 Å². The van der Waals surface area contributed by atoms with E-state index in [9.17, 15) is 4.79 Å². The van der Waals surface area contributed by atoms with Gasteiger partial charge in [0.15, 0.2) is 0 Å². The van der Waals surface area contributed by atoms with Gasteiger partial charge in [-0.2, -0.15) is 0 Å². The Hall–Kier alpha value is -1.03. The highest BCUT2D eigenvalue weighted by atomic mass is 35.5. The SMILES string of the molecule is Cl.O=C(C[C@H]1CC2CCC1CC2)NC1CCc2nc[nH]c2C1. The van der Waals surface area contributed by atoms with Gasteiger partial charge < -0.3 is 10.3 Å². The fraction of sp³-hybridized carbons (Fsp3) is 0.765. The normalized spacial score (nSPS) is 32.9. The molecule has 1 heterocycles. The van der Waals surface area contributed by atoms with Gasteiger partial charge in [-0.15, -0.1) is 12.4 Å². The van der Waals surface area contributed by atoms with Gasteiger partial charge in [0.25, 0.3) is 0 Å². The van der Waals surface area contributed by atoms with Gasteiger partial charge in [0.05, 0.1) is 12.0 Å². The molecule has 0 radical (unpaired) electrons. The zero-order chi connectivity index (χ0) is 14.2. The number of nitrogens with zero attached hydrogens (tertiary/aromatic N) is 1. The molecule has 1 aromatic heterocycles. The lowest BCUT2D eigenvalue weighted by atomic mass is 9.64. The second kappa shape index (κ2) is 6.61. The van der Waals surface area contributed by atoms with Gasteiger partial charge in [0, 0.05) is 24.6 Å². The number of imidazole rings is 1. The molecule has 4 nitrogen and oxygen atoms in total. The standard InChI is InChI=1S/C17H25N3O.ClH/c21-17(8-13-7-11-1-3-12(13)4-2-11)20-14-5-6-15-16(9-14)19-10-18-15;/h10-14H,1-9H2,(H,18,19)(H,20,21);1H/t11?,12?,13-,14?;/m1./s1. The fourth-order valence-electron chi connectivity index (χ4n) is 4.81. The molecule has 3 fully saturated rings. The summed E-state index contributed by atoms with van der Waals surface area (Å²) in [5, 5.41) is 3.27. The number of amides is 1. The number of carbonyl (C=O) groups is 1. The molecule has 122 valence electrons. The minimum atomic E-state index is 0. The summed E-state index contributed by atoms with van der Waals surface area (Å²) in [7, 11) is 0. The van der Waals surface area contributed by atoms with E-state index in [1.807, 2.05) is 0 Å². The van der Waals surface area contributed by atoms with Crippen molar-refractivity contribution in [2.75, 3.05) is 0 Å².